The lowest BCUT2D eigenvalue weighted by atomic mass is 9.92. The second-order valence-electron chi connectivity index (χ2n) is 11.1. The first-order valence-electron chi connectivity index (χ1n) is 13.7. The van der Waals surface area contributed by atoms with E-state index in [1.165, 1.54) is 6.07 Å². The third kappa shape index (κ3) is 5.42. The summed E-state index contributed by atoms with van der Waals surface area (Å²) in [6.45, 7) is 3.38. The fourth-order valence-electron chi connectivity index (χ4n) is 5.53. The number of phenolic OH excluding ortho intramolecular Hbond substituents is 3. The fraction of sp³-hybridized carbons (Fsp3) is 0.344. The first-order valence-corrected chi connectivity index (χ1v) is 13.7. The van der Waals surface area contributed by atoms with E-state index in [1.54, 1.807) is 30.3 Å². The number of aliphatic hydroxyl groups excluding tert-OH is 2. The highest BCUT2D eigenvalue weighted by Crippen LogP contribution is 2.44. The summed E-state index contributed by atoms with van der Waals surface area (Å²) >= 11 is 0. The van der Waals surface area contributed by atoms with Crippen LogP contribution in [0.4, 0.5) is 0 Å². The van der Waals surface area contributed by atoms with Gasteiger partial charge in [0, 0.05) is 29.5 Å². The van der Waals surface area contributed by atoms with Crippen LogP contribution in [-0.4, -0.2) is 50.0 Å². The van der Waals surface area contributed by atoms with Gasteiger partial charge in [-0.05, 0) is 66.1 Å². The van der Waals surface area contributed by atoms with Gasteiger partial charge in [0.15, 0.2) is 5.76 Å². The number of hydrogen-bond donors (Lipinski definition) is 6. The molecule has 1 aliphatic rings. The summed E-state index contributed by atoms with van der Waals surface area (Å²) in [7, 11) is 0. The van der Waals surface area contributed by atoms with Gasteiger partial charge >= 0.3 is 0 Å². The van der Waals surface area contributed by atoms with Crippen LogP contribution in [0, 0.1) is 11.8 Å². The average Bonchev–Trinajstić information content (AvgIpc) is 2.93. The van der Waals surface area contributed by atoms with Crippen LogP contribution in [0.25, 0.3) is 22.3 Å². The van der Waals surface area contributed by atoms with E-state index in [9.17, 15) is 35.4 Å². The van der Waals surface area contributed by atoms with Gasteiger partial charge < -0.3 is 39.8 Å². The van der Waals surface area contributed by atoms with Crippen LogP contribution >= 0.6 is 0 Å². The van der Waals surface area contributed by atoms with Crippen LogP contribution < -0.4 is 10.2 Å². The molecule has 216 valence electrons. The molecule has 0 spiro atoms. The molecule has 9 nitrogen and oxygen atoms in total. The van der Waals surface area contributed by atoms with Gasteiger partial charge in [-0.1, -0.05) is 26.0 Å². The minimum atomic E-state index is -0.754. The van der Waals surface area contributed by atoms with E-state index in [1.807, 2.05) is 19.9 Å². The smallest absolute Gasteiger partial charge is 0.238 e. The van der Waals surface area contributed by atoms with Crippen molar-refractivity contribution in [3.05, 3.63) is 74.9 Å². The molecule has 0 saturated carbocycles. The van der Waals surface area contributed by atoms with Crippen molar-refractivity contribution in [3.63, 3.8) is 0 Å². The van der Waals surface area contributed by atoms with Crippen molar-refractivity contribution in [1.82, 2.24) is 0 Å². The van der Waals surface area contributed by atoms with Gasteiger partial charge in [-0.3, -0.25) is 4.79 Å². The summed E-state index contributed by atoms with van der Waals surface area (Å²) in [5.41, 5.74) is 1.87. The lowest BCUT2D eigenvalue weighted by molar-refractivity contribution is 0.0361. The second-order valence-corrected chi connectivity index (χ2v) is 11.1. The number of phenols is 3. The molecule has 2 heterocycles. The predicted octanol–water partition coefficient (Wildman–Crippen LogP) is 4.37. The van der Waals surface area contributed by atoms with Gasteiger partial charge in [-0.15, -0.1) is 0 Å². The van der Waals surface area contributed by atoms with Crippen LogP contribution in [0.1, 0.15) is 42.5 Å². The van der Waals surface area contributed by atoms with Gasteiger partial charge in [0.2, 0.25) is 11.2 Å². The maximum absolute atomic E-state index is 13.6. The molecule has 0 unspecified atom stereocenters. The lowest BCUT2D eigenvalue weighted by Crippen LogP contribution is -2.35. The second kappa shape index (κ2) is 11.3. The number of aliphatic hydroxyl groups is 2. The maximum Gasteiger partial charge on any atom is 0.238 e. The summed E-state index contributed by atoms with van der Waals surface area (Å²) in [6.07, 6.45) is 0.958. The van der Waals surface area contributed by atoms with E-state index >= 15 is 0 Å². The third-order valence-electron chi connectivity index (χ3n) is 7.60. The van der Waals surface area contributed by atoms with E-state index in [0.29, 0.717) is 41.5 Å². The van der Waals surface area contributed by atoms with Crippen molar-refractivity contribution in [2.24, 2.45) is 11.8 Å². The minimum Gasteiger partial charge on any atom is -0.508 e. The number of rotatable bonds is 8. The molecule has 0 fully saturated rings. The molecule has 9 heteroatoms. The zero-order chi connectivity index (χ0) is 29.4. The van der Waals surface area contributed by atoms with Gasteiger partial charge in [-0.2, -0.15) is 0 Å². The summed E-state index contributed by atoms with van der Waals surface area (Å²) < 4.78 is 12.1. The predicted molar refractivity (Wildman–Crippen MR) is 153 cm³/mol. The zero-order valence-electron chi connectivity index (χ0n) is 22.9. The number of aromatic hydroxyl groups is 4. The molecule has 0 saturated heterocycles. The van der Waals surface area contributed by atoms with E-state index in [2.05, 4.69) is 0 Å². The summed E-state index contributed by atoms with van der Waals surface area (Å²) in [6, 6.07) is 11.3. The van der Waals surface area contributed by atoms with Crippen molar-refractivity contribution >= 4 is 11.0 Å². The lowest BCUT2D eigenvalue weighted by Gasteiger charge is -2.31. The van der Waals surface area contributed by atoms with Crippen LogP contribution in [0.5, 0.6) is 28.7 Å². The first kappa shape index (κ1) is 28.3. The Labute approximate surface area is 236 Å². The van der Waals surface area contributed by atoms with Crippen LogP contribution in [-0.2, 0) is 19.3 Å². The normalized spacial score (nSPS) is 14.9. The Balaban J connectivity index is 1.67. The standard InChI is InChI=1S/C32H34O9/c1-16(2)8-18-11-20(12-19(28(18)37)9-17-4-3-5-22(35)10-17)31-30(39)29(38)27-26(41-31)13-24(36)23-6-7-25(40-32(23)27)21(14-33)15-34/h3-5,10-13,16,21,25,33-37,39H,6-9,14-15H2,1-2H3/t25-/m0/s1. The van der Waals surface area contributed by atoms with E-state index in [0.717, 1.165) is 5.56 Å². The third-order valence-corrected chi connectivity index (χ3v) is 7.60. The minimum absolute atomic E-state index is 0.00253. The Morgan fingerprint density at radius 1 is 0.951 bits per heavy atom. The first-order chi connectivity index (χ1) is 19.6. The Bertz CT molecular complexity index is 1650. The molecule has 1 atom stereocenters. The van der Waals surface area contributed by atoms with Crippen LogP contribution in [0.2, 0.25) is 0 Å². The zero-order valence-corrected chi connectivity index (χ0v) is 22.9. The Morgan fingerprint density at radius 3 is 2.37 bits per heavy atom. The van der Waals surface area contributed by atoms with Gasteiger partial charge in [0.05, 0.1) is 13.2 Å². The number of benzene rings is 3. The van der Waals surface area contributed by atoms with Gasteiger partial charge in [0.25, 0.3) is 0 Å². The van der Waals surface area contributed by atoms with Crippen molar-refractivity contribution < 1.29 is 39.8 Å². The average molecular weight is 563 g/mol. The van der Waals surface area contributed by atoms with Crippen LogP contribution in [0.15, 0.2) is 51.7 Å². The molecule has 41 heavy (non-hydrogen) atoms. The van der Waals surface area contributed by atoms with Crippen molar-refractivity contribution in [1.29, 1.82) is 0 Å². The molecule has 1 aromatic heterocycles. The Hall–Kier alpha value is -4.21. The quantitative estimate of drug-likeness (QED) is 0.183. The summed E-state index contributed by atoms with van der Waals surface area (Å²) in [4.78, 5) is 13.6. The molecule has 1 aliphatic heterocycles. The molecule has 0 radical (unpaired) electrons. The highest BCUT2D eigenvalue weighted by Gasteiger charge is 2.32. The summed E-state index contributed by atoms with van der Waals surface area (Å²) in [5.74, 6) is -1.06. The van der Waals surface area contributed by atoms with Crippen LogP contribution in [0.3, 0.4) is 0 Å². The molecule has 5 rings (SSSR count). The summed E-state index contributed by atoms with van der Waals surface area (Å²) in [5, 5.41) is 62.2. The van der Waals surface area contributed by atoms with E-state index < -0.39 is 23.2 Å². The maximum atomic E-state index is 13.6. The van der Waals surface area contributed by atoms with Crippen molar-refractivity contribution in [2.45, 2.75) is 45.6 Å². The fourth-order valence-corrected chi connectivity index (χ4v) is 5.53. The van der Waals surface area contributed by atoms with E-state index in [-0.39, 0.29) is 65.3 Å². The van der Waals surface area contributed by atoms with Crippen molar-refractivity contribution in [3.8, 4) is 40.1 Å². The highest BCUT2D eigenvalue weighted by molar-refractivity contribution is 5.90. The number of hydrogen-bond acceptors (Lipinski definition) is 9. The molecule has 6 N–H and O–H groups in total. The molecule has 3 aromatic carbocycles. The number of ether oxygens (including phenoxy) is 1. The molecule has 0 amide bonds. The monoisotopic (exact) mass is 562 g/mol. The number of fused-ring (bicyclic) bond motifs is 3. The Morgan fingerprint density at radius 2 is 1.68 bits per heavy atom. The molecular formula is C32H34O9. The molecule has 4 aromatic rings. The topological polar surface area (TPSA) is 161 Å². The molecular weight excluding hydrogens is 528 g/mol. The van der Waals surface area contributed by atoms with Gasteiger partial charge in [-0.25, -0.2) is 0 Å². The molecule has 0 bridgehead atoms. The van der Waals surface area contributed by atoms with Gasteiger partial charge in [0.1, 0.15) is 40.1 Å². The molecule has 0 aliphatic carbocycles. The van der Waals surface area contributed by atoms with Crippen molar-refractivity contribution in [2.75, 3.05) is 13.2 Å². The SMILES string of the molecule is CC(C)Cc1cc(-c2oc3cc(O)c4c(c3c(=O)c2O)O[C@H](C(CO)CO)CC4)cc(Cc2cccc(O)c2)c1O. The highest BCUT2D eigenvalue weighted by atomic mass is 16.5. The van der Waals surface area contributed by atoms with E-state index in [4.69, 9.17) is 9.15 Å². The largest absolute Gasteiger partial charge is 0.508 e. The Kier molecular flexibility index (Phi) is 7.84.